The van der Waals surface area contributed by atoms with E-state index in [1.165, 1.54) is 27.3 Å². The smallest absolute Gasteiger partial charge is 0.273 e. The van der Waals surface area contributed by atoms with Gasteiger partial charge in [0.2, 0.25) is 5.91 Å². The van der Waals surface area contributed by atoms with E-state index in [1.807, 2.05) is 27.6 Å². The van der Waals surface area contributed by atoms with Crippen molar-refractivity contribution in [3.05, 3.63) is 55.5 Å². The highest BCUT2D eigenvalue weighted by atomic mass is 32.1. The maximum atomic E-state index is 12.5. The summed E-state index contributed by atoms with van der Waals surface area (Å²) >= 11 is 4.51. The molecular formula is C16H12N4O2S3. The summed E-state index contributed by atoms with van der Waals surface area (Å²) in [5.74, 6) is 0.147. The summed E-state index contributed by atoms with van der Waals surface area (Å²) in [5, 5.41) is 9.08. The highest BCUT2D eigenvalue weighted by Gasteiger charge is 2.13. The molecule has 0 unspecified atom stereocenters. The van der Waals surface area contributed by atoms with Crippen LogP contribution in [0.25, 0.3) is 20.8 Å². The van der Waals surface area contributed by atoms with Gasteiger partial charge in [-0.2, -0.15) is 11.3 Å². The van der Waals surface area contributed by atoms with E-state index in [9.17, 15) is 9.59 Å². The fourth-order valence-corrected chi connectivity index (χ4v) is 4.71. The molecule has 25 heavy (non-hydrogen) atoms. The van der Waals surface area contributed by atoms with E-state index in [0.717, 1.165) is 10.6 Å². The van der Waals surface area contributed by atoms with Crippen molar-refractivity contribution in [2.45, 2.75) is 13.3 Å². The topological polar surface area (TPSA) is 76.9 Å². The first kappa shape index (κ1) is 16.1. The standard InChI is InChI=1S/C16H12N4O2S3/c1-9-17-15-12(3-5-24-15)16(22)20(9)19-13(21)6-11-8-25-14(18-11)10-2-4-23-7-10/h2-5,7-8H,6H2,1H3,(H,19,21). The number of amides is 1. The van der Waals surface area contributed by atoms with Crippen molar-refractivity contribution >= 4 is 50.1 Å². The first-order valence-electron chi connectivity index (χ1n) is 7.35. The van der Waals surface area contributed by atoms with Crippen molar-refractivity contribution < 1.29 is 4.79 Å². The van der Waals surface area contributed by atoms with Crippen LogP contribution >= 0.6 is 34.0 Å². The van der Waals surface area contributed by atoms with Crippen LogP contribution in [-0.4, -0.2) is 20.6 Å². The Labute approximate surface area is 154 Å². The highest BCUT2D eigenvalue weighted by molar-refractivity contribution is 7.16. The largest absolute Gasteiger partial charge is 0.281 e. The zero-order valence-corrected chi connectivity index (χ0v) is 15.5. The van der Waals surface area contributed by atoms with E-state index in [2.05, 4.69) is 15.4 Å². The maximum Gasteiger partial charge on any atom is 0.281 e. The van der Waals surface area contributed by atoms with Gasteiger partial charge < -0.3 is 0 Å². The predicted octanol–water partition coefficient (Wildman–Crippen LogP) is 3.26. The number of carbonyl (C=O) groups excluding carboxylic acids is 1. The van der Waals surface area contributed by atoms with E-state index in [-0.39, 0.29) is 17.9 Å². The van der Waals surface area contributed by atoms with Gasteiger partial charge in [-0.25, -0.2) is 14.6 Å². The number of aromatic nitrogens is 3. The molecule has 4 aromatic heterocycles. The van der Waals surface area contributed by atoms with Gasteiger partial charge in [0.15, 0.2) is 0 Å². The zero-order valence-electron chi connectivity index (χ0n) is 13.1. The first-order valence-corrected chi connectivity index (χ1v) is 10.1. The van der Waals surface area contributed by atoms with E-state index in [1.54, 1.807) is 24.3 Å². The molecule has 0 saturated heterocycles. The molecule has 126 valence electrons. The van der Waals surface area contributed by atoms with Gasteiger partial charge in [0.05, 0.1) is 17.5 Å². The molecule has 4 rings (SSSR count). The summed E-state index contributed by atoms with van der Waals surface area (Å²) in [7, 11) is 0. The molecule has 0 spiro atoms. The van der Waals surface area contributed by atoms with Crippen LogP contribution in [0.1, 0.15) is 11.5 Å². The van der Waals surface area contributed by atoms with Crippen LogP contribution < -0.4 is 11.0 Å². The number of thiophene rings is 2. The molecule has 4 heterocycles. The number of aryl methyl sites for hydroxylation is 1. The van der Waals surface area contributed by atoms with Crippen molar-refractivity contribution in [1.82, 2.24) is 14.6 Å². The number of nitrogens with one attached hydrogen (secondary N) is 1. The molecule has 0 saturated carbocycles. The summed E-state index contributed by atoms with van der Waals surface area (Å²) in [4.78, 5) is 34.3. The summed E-state index contributed by atoms with van der Waals surface area (Å²) < 4.78 is 1.20. The third-order valence-corrected chi connectivity index (χ3v) is 5.99. The number of rotatable bonds is 4. The average Bonchev–Trinajstić information content (AvgIpc) is 3.31. The Morgan fingerprint density at radius 2 is 2.08 bits per heavy atom. The number of hydrogen-bond donors (Lipinski definition) is 1. The van der Waals surface area contributed by atoms with Crippen LogP contribution in [0, 0.1) is 6.92 Å². The zero-order chi connectivity index (χ0) is 17.4. The van der Waals surface area contributed by atoms with Crippen molar-refractivity contribution in [1.29, 1.82) is 0 Å². The van der Waals surface area contributed by atoms with Gasteiger partial charge in [-0.15, -0.1) is 22.7 Å². The second kappa shape index (κ2) is 6.51. The molecule has 0 atom stereocenters. The molecule has 0 aliphatic carbocycles. The molecule has 6 nitrogen and oxygen atoms in total. The van der Waals surface area contributed by atoms with E-state index in [4.69, 9.17) is 0 Å². The Morgan fingerprint density at radius 3 is 2.88 bits per heavy atom. The van der Waals surface area contributed by atoms with E-state index < -0.39 is 0 Å². The van der Waals surface area contributed by atoms with Gasteiger partial charge in [-0.3, -0.25) is 15.0 Å². The second-order valence-electron chi connectivity index (χ2n) is 5.31. The van der Waals surface area contributed by atoms with E-state index >= 15 is 0 Å². The Balaban J connectivity index is 1.54. The molecule has 0 fully saturated rings. The van der Waals surface area contributed by atoms with Crippen molar-refractivity contribution in [2.75, 3.05) is 5.43 Å². The van der Waals surface area contributed by atoms with Crippen LogP contribution in [0.15, 0.2) is 38.4 Å². The van der Waals surface area contributed by atoms with Crippen LogP contribution in [0.3, 0.4) is 0 Å². The minimum Gasteiger partial charge on any atom is -0.273 e. The molecule has 0 radical (unpaired) electrons. The van der Waals surface area contributed by atoms with Gasteiger partial charge in [-0.1, -0.05) is 0 Å². The lowest BCUT2D eigenvalue weighted by atomic mass is 10.3. The van der Waals surface area contributed by atoms with Crippen LogP contribution in [0.5, 0.6) is 0 Å². The number of nitrogens with zero attached hydrogens (tertiary/aromatic N) is 3. The summed E-state index contributed by atoms with van der Waals surface area (Å²) in [6, 6.07) is 3.71. The molecular weight excluding hydrogens is 376 g/mol. The maximum absolute atomic E-state index is 12.5. The molecule has 0 aromatic carbocycles. The quantitative estimate of drug-likeness (QED) is 0.582. The number of carbonyl (C=O) groups is 1. The van der Waals surface area contributed by atoms with Crippen molar-refractivity contribution in [2.24, 2.45) is 0 Å². The lowest BCUT2D eigenvalue weighted by Crippen LogP contribution is -2.36. The van der Waals surface area contributed by atoms with E-state index in [0.29, 0.717) is 21.7 Å². The summed E-state index contributed by atoms with van der Waals surface area (Å²) in [6.45, 7) is 1.69. The summed E-state index contributed by atoms with van der Waals surface area (Å²) in [6.07, 6.45) is 0.105. The minimum absolute atomic E-state index is 0.105. The van der Waals surface area contributed by atoms with Gasteiger partial charge in [-0.05, 0) is 29.8 Å². The lowest BCUT2D eigenvalue weighted by molar-refractivity contribution is -0.116. The van der Waals surface area contributed by atoms with Crippen LogP contribution in [-0.2, 0) is 11.2 Å². The molecule has 9 heteroatoms. The van der Waals surface area contributed by atoms with Gasteiger partial charge in [0.25, 0.3) is 5.56 Å². The van der Waals surface area contributed by atoms with Gasteiger partial charge in [0.1, 0.15) is 15.7 Å². The Hall–Kier alpha value is -2.36. The summed E-state index contributed by atoms with van der Waals surface area (Å²) in [5.41, 5.74) is 4.09. The monoisotopic (exact) mass is 388 g/mol. The molecule has 0 bridgehead atoms. The van der Waals surface area contributed by atoms with Gasteiger partial charge in [0, 0.05) is 16.3 Å². The number of hydrogen-bond acceptors (Lipinski definition) is 7. The third kappa shape index (κ3) is 3.13. The number of fused-ring (bicyclic) bond motifs is 1. The predicted molar refractivity (Wildman–Crippen MR) is 102 cm³/mol. The number of thiazole rings is 1. The van der Waals surface area contributed by atoms with Gasteiger partial charge >= 0.3 is 0 Å². The Morgan fingerprint density at radius 1 is 1.20 bits per heavy atom. The SMILES string of the molecule is Cc1nc2sccc2c(=O)n1NC(=O)Cc1csc(-c2ccsc2)n1. The third-order valence-electron chi connectivity index (χ3n) is 3.56. The highest BCUT2D eigenvalue weighted by Crippen LogP contribution is 2.25. The molecule has 1 amide bonds. The molecule has 0 aliphatic heterocycles. The Kier molecular flexibility index (Phi) is 4.20. The Bertz CT molecular complexity index is 1110. The normalized spacial score (nSPS) is 11.1. The average molecular weight is 388 g/mol. The fraction of sp³-hybridized carbons (Fsp3) is 0.125. The molecule has 1 N–H and O–H groups in total. The molecule has 4 aromatic rings. The van der Waals surface area contributed by atoms with Crippen molar-refractivity contribution in [3.8, 4) is 10.6 Å². The first-order chi connectivity index (χ1) is 12.1. The molecule has 0 aliphatic rings. The second-order valence-corrected chi connectivity index (χ2v) is 7.84. The van der Waals surface area contributed by atoms with Crippen LogP contribution in [0.4, 0.5) is 0 Å². The minimum atomic E-state index is -0.302. The van der Waals surface area contributed by atoms with Crippen molar-refractivity contribution in [3.63, 3.8) is 0 Å². The fourth-order valence-electron chi connectivity index (χ4n) is 2.38. The van der Waals surface area contributed by atoms with Crippen LogP contribution in [0.2, 0.25) is 0 Å². The lowest BCUT2D eigenvalue weighted by Gasteiger charge is -2.10.